The highest BCUT2D eigenvalue weighted by molar-refractivity contribution is 9.10. The van der Waals surface area contributed by atoms with Crippen molar-refractivity contribution in [2.45, 2.75) is 6.54 Å². The van der Waals surface area contributed by atoms with Gasteiger partial charge < -0.3 is 15.7 Å². The zero-order chi connectivity index (χ0) is 19.4. The Hall–Kier alpha value is -2.71. The van der Waals surface area contributed by atoms with Crippen molar-refractivity contribution in [3.63, 3.8) is 0 Å². The lowest BCUT2D eigenvalue weighted by molar-refractivity contribution is 0.0699. The van der Waals surface area contributed by atoms with E-state index in [1.807, 2.05) is 12.1 Å². The summed E-state index contributed by atoms with van der Waals surface area (Å²) in [4.78, 5) is 24.4. The van der Waals surface area contributed by atoms with Crippen LogP contribution in [0.1, 0.15) is 15.9 Å². The van der Waals surface area contributed by atoms with Crippen molar-refractivity contribution >= 4 is 45.0 Å². The van der Waals surface area contributed by atoms with Crippen LogP contribution >= 0.6 is 27.3 Å². The highest BCUT2D eigenvalue weighted by Crippen LogP contribution is 2.36. The minimum absolute atomic E-state index is 0.0308. The molecule has 0 aliphatic rings. The Morgan fingerprint density at radius 1 is 1.15 bits per heavy atom. The maximum absolute atomic E-state index is 13.2. The molecule has 3 rings (SSSR count). The molecule has 0 fully saturated rings. The molecular formula is C19H14BrFN2O3S. The van der Waals surface area contributed by atoms with E-state index in [2.05, 4.69) is 26.6 Å². The van der Waals surface area contributed by atoms with Crippen LogP contribution in [-0.4, -0.2) is 17.1 Å². The molecule has 138 valence electrons. The van der Waals surface area contributed by atoms with Crippen molar-refractivity contribution < 1.29 is 19.1 Å². The van der Waals surface area contributed by atoms with Crippen LogP contribution in [0.15, 0.2) is 58.4 Å². The quantitative estimate of drug-likeness (QED) is 0.492. The van der Waals surface area contributed by atoms with E-state index in [1.165, 1.54) is 23.5 Å². The third-order valence-electron chi connectivity index (χ3n) is 3.70. The van der Waals surface area contributed by atoms with Crippen molar-refractivity contribution in [1.29, 1.82) is 0 Å². The van der Waals surface area contributed by atoms with E-state index in [1.54, 1.807) is 29.6 Å². The van der Waals surface area contributed by atoms with Gasteiger partial charge >= 0.3 is 12.0 Å². The van der Waals surface area contributed by atoms with Gasteiger partial charge in [-0.2, -0.15) is 0 Å². The first kappa shape index (κ1) is 19.1. The Kier molecular flexibility index (Phi) is 5.88. The van der Waals surface area contributed by atoms with Crippen molar-refractivity contribution in [1.82, 2.24) is 5.32 Å². The van der Waals surface area contributed by atoms with Crippen LogP contribution in [0.25, 0.3) is 10.4 Å². The zero-order valence-corrected chi connectivity index (χ0v) is 16.2. The highest BCUT2D eigenvalue weighted by Gasteiger charge is 2.21. The van der Waals surface area contributed by atoms with E-state index in [-0.39, 0.29) is 23.6 Å². The lowest BCUT2D eigenvalue weighted by Gasteiger charge is -2.08. The molecule has 2 amide bonds. The summed E-state index contributed by atoms with van der Waals surface area (Å²) in [7, 11) is 0. The minimum atomic E-state index is -1.13. The van der Waals surface area contributed by atoms with E-state index >= 15 is 0 Å². The monoisotopic (exact) mass is 448 g/mol. The van der Waals surface area contributed by atoms with E-state index in [0.29, 0.717) is 10.4 Å². The number of halogens is 2. The fourth-order valence-corrected chi connectivity index (χ4v) is 3.74. The molecule has 0 atom stereocenters. The Labute approximate surface area is 167 Å². The van der Waals surface area contributed by atoms with Gasteiger partial charge in [0, 0.05) is 16.4 Å². The summed E-state index contributed by atoms with van der Waals surface area (Å²) in [6.45, 7) is 0.121. The molecule has 0 bridgehead atoms. The lowest BCUT2D eigenvalue weighted by Crippen LogP contribution is -2.28. The van der Waals surface area contributed by atoms with Crippen LogP contribution < -0.4 is 10.6 Å². The Balaban J connectivity index is 1.75. The number of hydrogen-bond donors (Lipinski definition) is 3. The number of benzene rings is 2. The molecule has 27 heavy (non-hydrogen) atoms. The second-order valence-electron chi connectivity index (χ2n) is 5.60. The summed E-state index contributed by atoms with van der Waals surface area (Å²) in [5, 5.41) is 16.3. The predicted octanol–water partition coefficient (Wildman–Crippen LogP) is 5.34. The highest BCUT2D eigenvalue weighted by atomic mass is 79.9. The Morgan fingerprint density at radius 3 is 2.56 bits per heavy atom. The first-order valence-electron chi connectivity index (χ1n) is 7.84. The van der Waals surface area contributed by atoms with Crippen LogP contribution in [0, 0.1) is 5.82 Å². The first-order valence-corrected chi connectivity index (χ1v) is 9.51. The average Bonchev–Trinajstić information content (AvgIpc) is 3.04. The lowest BCUT2D eigenvalue weighted by atomic mass is 10.1. The third kappa shape index (κ3) is 4.72. The number of carbonyl (C=O) groups excluding carboxylic acids is 1. The van der Waals surface area contributed by atoms with Gasteiger partial charge in [0.05, 0.1) is 10.6 Å². The van der Waals surface area contributed by atoms with Crippen molar-refractivity contribution in [3.8, 4) is 10.4 Å². The molecule has 0 saturated heterocycles. The maximum Gasteiger partial charge on any atom is 0.339 e. The van der Waals surface area contributed by atoms with Crippen LogP contribution in [0.4, 0.5) is 14.9 Å². The number of urea groups is 1. The molecule has 0 saturated carbocycles. The zero-order valence-electron chi connectivity index (χ0n) is 13.8. The smallest absolute Gasteiger partial charge is 0.339 e. The molecule has 3 aromatic rings. The van der Waals surface area contributed by atoms with Crippen molar-refractivity contribution in [3.05, 3.63) is 75.3 Å². The number of rotatable bonds is 5. The number of hydrogen-bond acceptors (Lipinski definition) is 3. The Bertz CT molecular complexity index is 989. The molecule has 0 spiro atoms. The van der Waals surface area contributed by atoms with Gasteiger partial charge in [0.2, 0.25) is 0 Å². The summed E-state index contributed by atoms with van der Waals surface area (Å²) in [5.74, 6) is -1.52. The van der Waals surface area contributed by atoms with Crippen LogP contribution in [0.3, 0.4) is 0 Å². The van der Waals surface area contributed by atoms with Gasteiger partial charge in [0.25, 0.3) is 0 Å². The largest absolute Gasteiger partial charge is 0.478 e. The summed E-state index contributed by atoms with van der Waals surface area (Å²) in [5.41, 5.74) is 1.59. The van der Waals surface area contributed by atoms with Crippen LogP contribution in [0.2, 0.25) is 0 Å². The summed E-state index contributed by atoms with van der Waals surface area (Å²) in [6.07, 6.45) is 0. The SMILES string of the molecule is O=C(NCc1cccc(F)c1)Nc1csc(-c2ccc(Br)cc2)c1C(=O)O. The molecular weight excluding hydrogens is 435 g/mol. The van der Waals surface area contributed by atoms with Gasteiger partial charge in [-0.1, -0.05) is 40.2 Å². The number of carboxylic acid groups (broad SMARTS) is 1. The van der Waals surface area contributed by atoms with E-state index in [0.717, 1.165) is 10.0 Å². The molecule has 0 aliphatic carbocycles. The van der Waals surface area contributed by atoms with Crippen molar-refractivity contribution in [2.24, 2.45) is 0 Å². The van der Waals surface area contributed by atoms with Gasteiger partial charge in [-0.15, -0.1) is 11.3 Å². The number of thiophene rings is 1. The molecule has 8 heteroatoms. The normalized spacial score (nSPS) is 10.4. The predicted molar refractivity (Wildman–Crippen MR) is 107 cm³/mol. The first-order chi connectivity index (χ1) is 12.9. The number of nitrogens with one attached hydrogen (secondary N) is 2. The van der Waals surface area contributed by atoms with E-state index in [9.17, 15) is 19.1 Å². The van der Waals surface area contributed by atoms with Gasteiger partial charge in [0.1, 0.15) is 11.4 Å². The number of aromatic carboxylic acids is 1. The average molecular weight is 449 g/mol. The number of anilines is 1. The third-order valence-corrected chi connectivity index (χ3v) is 5.26. The van der Waals surface area contributed by atoms with Gasteiger partial charge in [-0.05, 0) is 35.4 Å². The summed E-state index contributed by atoms with van der Waals surface area (Å²) in [6, 6.07) is 12.5. The van der Waals surface area contributed by atoms with E-state index < -0.39 is 12.0 Å². The number of carboxylic acids is 1. The standard InChI is InChI=1S/C19H14BrFN2O3S/c20-13-6-4-12(5-7-13)17-16(18(24)25)15(10-27-17)23-19(26)22-9-11-2-1-3-14(21)8-11/h1-8,10H,9H2,(H,24,25)(H2,22,23,26). The second kappa shape index (κ2) is 8.32. The summed E-state index contributed by atoms with van der Waals surface area (Å²) >= 11 is 4.58. The fraction of sp³-hybridized carbons (Fsp3) is 0.0526. The number of amides is 2. The maximum atomic E-state index is 13.2. The van der Waals surface area contributed by atoms with Gasteiger partial charge in [0.15, 0.2) is 0 Å². The van der Waals surface area contributed by atoms with Crippen molar-refractivity contribution in [2.75, 3.05) is 5.32 Å². The van der Waals surface area contributed by atoms with Crippen LogP contribution in [-0.2, 0) is 6.54 Å². The van der Waals surface area contributed by atoms with Gasteiger partial charge in [-0.3, -0.25) is 0 Å². The molecule has 0 unspecified atom stereocenters. The molecule has 2 aromatic carbocycles. The minimum Gasteiger partial charge on any atom is -0.478 e. The molecule has 1 aromatic heterocycles. The molecule has 5 nitrogen and oxygen atoms in total. The topological polar surface area (TPSA) is 78.4 Å². The molecule has 3 N–H and O–H groups in total. The molecule has 0 radical (unpaired) electrons. The van der Waals surface area contributed by atoms with Crippen LogP contribution in [0.5, 0.6) is 0 Å². The Morgan fingerprint density at radius 2 is 1.89 bits per heavy atom. The second-order valence-corrected chi connectivity index (χ2v) is 7.40. The fourth-order valence-electron chi connectivity index (χ4n) is 2.47. The molecule has 1 heterocycles. The van der Waals surface area contributed by atoms with E-state index in [4.69, 9.17) is 0 Å². The van der Waals surface area contributed by atoms with Gasteiger partial charge in [-0.25, -0.2) is 14.0 Å². The summed E-state index contributed by atoms with van der Waals surface area (Å²) < 4.78 is 14.1. The molecule has 0 aliphatic heterocycles. The number of carbonyl (C=O) groups is 2.